The number of allylic oxidation sites excluding steroid dienone is 1. The summed E-state index contributed by atoms with van der Waals surface area (Å²) in [6.45, 7) is 7.80. The third-order valence-corrected chi connectivity index (χ3v) is 6.41. The molecule has 0 atom stereocenters. The summed E-state index contributed by atoms with van der Waals surface area (Å²) in [7, 11) is 2.20. The first-order chi connectivity index (χ1) is 14.7. The van der Waals surface area contributed by atoms with E-state index in [1.165, 1.54) is 44.6 Å². The fourth-order valence-corrected chi connectivity index (χ4v) is 4.43. The molecule has 3 nitrogen and oxygen atoms in total. The molecule has 3 heteroatoms. The lowest BCUT2D eigenvalue weighted by Gasteiger charge is -2.32. The highest BCUT2D eigenvalue weighted by atomic mass is 15.2. The van der Waals surface area contributed by atoms with Crippen LogP contribution in [0.25, 0.3) is 16.7 Å². The highest BCUT2D eigenvalue weighted by Gasteiger charge is 2.18. The Morgan fingerprint density at radius 1 is 0.833 bits per heavy atom. The Morgan fingerprint density at radius 3 is 2.27 bits per heavy atom. The van der Waals surface area contributed by atoms with Gasteiger partial charge in [0.05, 0.1) is 5.69 Å². The first-order valence-electron chi connectivity index (χ1n) is 10.9. The Hall–Kier alpha value is -2.75. The number of pyridine rings is 1. The molecule has 0 bridgehead atoms. The van der Waals surface area contributed by atoms with Crippen molar-refractivity contribution < 1.29 is 0 Å². The number of nitrogens with zero attached hydrogens (tertiary/aromatic N) is 3. The van der Waals surface area contributed by atoms with Gasteiger partial charge in [0.25, 0.3) is 0 Å². The van der Waals surface area contributed by atoms with Crippen LogP contribution in [0.1, 0.15) is 27.9 Å². The van der Waals surface area contributed by atoms with Gasteiger partial charge in [0.2, 0.25) is 0 Å². The zero-order valence-electron chi connectivity index (χ0n) is 17.9. The van der Waals surface area contributed by atoms with Gasteiger partial charge in [-0.1, -0.05) is 60.2 Å². The molecule has 2 aromatic carbocycles. The minimum absolute atomic E-state index is 0.919. The Kier molecular flexibility index (Phi) is 5.24. The molecular formula is C27H29N3. The molecule has 0 radical (unpaired) electrons. The van der Waals surface area contributed by atoms with Crippen LogP contribution in [0, 0.1) is 6.92 Å². The Bertz CT molecular complexity index is 1060. The van der Waals surface area contributed by atoms with Gasteiger partial charge in [-0.3, -0.25) is 9.88 Å². The molecule has 0 spiro atoms. The first-order valence-corrected chi connectivity index (χ1v) is 10.9. The molecule has 3 aromatic rings. The molecule has 2 heterocycles. The molecule has 1 aliphatic heterocycles. The molecule has 1 aliphatic carbocycles. The van der Waals surface area contributed by atoms with Gasteiger partial charge in [-0.15, -0.1) is 0 Å². The van der Waals surface area contributed by atoms with Crippen molar-refractivity contribution in [1.29, 1.82) is 0 Å². The summed E-state index contributed by atoms with van der Waals surface area (Å²) in [4.78, 5) is 9.74. The number of rotatable bonds is 4. The van der Waals surface area contributed by atoms with Crippen LogP contribution in [0.5, 0.6) is 0 Å². The van der Waals surface area contributed by atoms with Crippen molar-refractivity contribution in [3.8, 4) is 11.1 Å². The van der Waals surface area contributed by atoms with Crippen LogP contribution >= 0.6 is 0 Å². The molecule has 0 N–H and O–H groups in total. The van der Waals surface area contributed by atoms with E-state index in [0.717, 1.165) is 39.1 Å². The van der Waals surface area contributed by atoms with E-state index in [2.05, 4.69) is 84.4 Å². The van der Waals surface area contributed by atoms with Gasteiger partial charge in [0, 0.05) is 56.5 Å². The molecule has 0 amide bonds. The summed E-state index contributed by atoms with van der Waals surface area (Å²) in [5.41, 5.74) is 10.2. The number of benzene rings is 2. The van der Waals surface area contributed by atoms with Crippen LogP contribution in [0.2, 0.25) is 0 Å². The van der Waals surface area contributed by atoms with E-state index >= 15 is 0 Å². The molecular weight excluding hydrogens is 366 g/mol. The van der Waals surface area contributed by atoms with Crippen LogP contribution in [0.3, 0.4) is 0 Å². The van der Waals surface area contributed by atoms with Gasteiger partial charge in [-0.05, 0) is 42.3 Å². The van der Waals surface area contributed by atoms with E-state index in [4.69, 9.17) is 4.98 Å². The standard InChI is InChI=1S/C27H29N3/c1-20-3-7-23(8-4-20)25-11-12-27-26(25)17-24(18-28-27)22-9-5-21(6-10-22)19-30-15-13-29(2)14-16-30/h3-11,17-18H,12-16,19H2,1-2H3. The van der Waals surface area contributed by atoms with E-state index in [9.17, 15) is 0 Å². The van der Waals surface area contributed by atoms with Crippen molar-refractivity contribution in [3.63, 3.8) is 0 Å². The third kappa shape index (κ3) is 3.96. The topological polar surface area (TPSA) is 19.4 Å². The lowest BCUT2D eigenvalue weighted by atomic mass is 9.97. The van der Waals surface area contributed by atoms with Crippen LogP contribution in [-0.2, 0) is 13.0 Å². The quantitative estimate of drug-likeness (QED) is 0.633. The Labute approximate surface area is 179 Å². The number of hydrogen-bond donors (Lipinski definition) is 0. The van der Waals surface area contributed by atoms with Crippen molar-refractivity contribution in [1.82, 2.24) is 14.8 Å². The summed E-state index contributed by atoms with van der Waals surface area (Å²) in [6.07, 6.45) is 5.26. The van der Waals surface area contributed by atoms with E-state index in [1.54, 1.807) is 0 Å². The molecule has 0 unspecified atom stereocenters. The average Bonchev–Trinajstić information content (AvgIpc) is 3.20. The number of fused-ring (bicyclic) bond motifs is 1. The maximum atomic E-state index is 4.79. The SMILES string of the molecule is Cc1ccc(C2=CCc3ncc(-c4ccc(CN5CCN(C)CC5)cc4)cc32)cc1. The van der Waals surface area contributed by atoms with Crippen molar-refractivity contribution >= 4 is 5.57 Å². The maximum Gasteiger partial charge on any atom is 0.0520 e. The number of aryl methyl sites for hydroxylation is 1. The van der Waals surface area contributed by atoms with Crippen LogP contribution in [0.4, 0.5) is 0 Å². The first kappa shape index (κ1) is 19.2. The highest BCUT2D eigenvalue weighted by Crippen LogP contribution is 2.34. The summed E-state index contributed by atoms with van der Waals surface area (Å²) in [5, 5.41) is 0. The van der Waals surface area contributed by atoms with Gasteiger partial charge in [-0.2, -0.15) is 0 Å². The maximum absolute atomic E-state index is 4.79. The molecule has 1 saturated heterocycles. The second-order valence-electron chi connectivity index (χ2n) is 8.68. The van der Waals surface area contributed by atoms with Crippen LogP contribution < -0.4 is 0 Å². The summed E-state index contributed by atoms with van der Waals surface area (Å²) in [5.74, 6) is 0. The number of piperazine rings is 1. The van der Waals surface area contributed by atoms with E-state index in [-0.39, 0.29) is 0 Å². The second kappa shape index (κ2) is 8.17. The molecule has 1 fully saturated rings. The molecule has 5 rings (SSSR count). The minimum Gasteiger partial charge on any atom is -0.304 e. The summed E-state index contributed by atoms with van der Waals surface area (Å²) < 4.78 is 0. The average molecular weight is 396 g/mol. The summed E-state index contributed by atoms with van der Waals surface area (Å²) >= 11 is 0. The molecule has 152 valence electrons. The number of aromatic nitrogens is 1. The van der Waals surface area contributed by atoms with Crippen molar-refractivity contribution in [2.75, 3.05) is 33.2 Å². The summed E-state index contributed by atoms with van der Waals surface area (Å²) in [6, 6.07) is 20.2. The van der Waals surface area contributed by atoms with Gasteiger partial charge in [0.1, 0.15) is 0 Å². The van der Waals surface area contributed by atoms with Gasteiger partial charge in [-0.25, -0.2) is 0 Å². The van der Waals surface area contributed by atoms with Crippen molar-refractivity contribution in [2.45, 2.75) is 19.9 Å². The molecule has 30 heavy (non-hydrogen) atoms. The fraction of sp³-hybridized carbons (Fsp3) is 0.296. The minimum atomic E-state index is 0.919. The molecule has 0 saturated carbocycles. The van der Waals surface area contributed by atoms with E-state index < -0.39 is 0 Å². The lowest BCUT2D eigenvalue weighted by molar-refractivity contribution is 0.148. The van der Waals surface area contributed by atoms with Crippen molar-refractivity contribution in [3.05, 3.63) is 94.8 Å². The van der Waals surface area contributed by atoms with E-state index in [0.29, 0.717) is 0 Å². The van der Waals surface area contributed by atoms with Crippen LogP contribution in [-0.4, -0.2) is 48.0 Å². The lowest BCUT2D eigenvalue weighted by Crippen LogP contribution is -2.43. The number of likely N-dealkylation sites (N-methyl/N-ethyl adjacent to an activating group) is 1. The van der Waals surface area contributed by atoms with Gasteiger partial charge < -0.3 is 4.90 Å². The molecule has 1 aromatic heterocycles. The second-order valence-corrected chi connectivity index (χ2v) is 8.68. The van der Waals surface area contributed by atoms with Gasteiger partial charge >= 0.3 is 0 Å². The zero-order valence-corrected chi connectivity index (χ0v) is 17.9. The van der Waals surface area contributed by atoms with Crippen molar-refractivity contribution in [2.24, 2.45) is 0 Å². The Morgan fingerprint density at radius 2 is 1.53 bits per heavy atom. The van der Waals surface area contributed by atoms with Gasteiger partial charge in [0.15, 0.2) is 0 Å². The predicted octanol–water partition coefficient (Wildman–Crippen LogP) is 4.79. The fourth-order valence-electron chi connectivity index (χ4n) is 4.43. The Balaban J connectivity index is 1.35. The third-order valence-electron chi connectivity index (χ3n) is 6.41. The zero-order chi connectivity index (χ0) is 20.5. The normalized spacial score (nSPS) is 17.1. The largest absolute Gasteiger partial charge is 0.304 e. The molecule has 2 aliphatic rings. The highest BCUT2D eigenvalue weighted by molar-refractivity contribution is 5.85. The monoisotopic (exact) mass is 395 g/mol. The predicted molar refractivity (Wildman–Crippen MR) is 124 cm³/mol. The van der Waals surface area contributed by atoms with E-state index in [1.807, 2.05) is 6.20 Å². The number of hydrogen-bond acceptors (Lipinski definition) is 3. The smallest absolute Gasteiger partial charge is 0.0520 e. The van der Waals surface area contributed by atoms with Crippen LogP contribution in [0.15, 0.2) is 66.9 Å².